The maximum Gasteiger partial charge on any atom is 0.335 e. The zero-order valence-corrected chi connectivity index (χ0v) is 15.1. The summed E-state index contributed by atoms with van der Waals surface area (Å²) in [5.74, 6) is -0.501. The fraction of sp³-hybridized carbons (Fsp3) is 0.286. The highest BCUT2D eigenvalue weighted by Crippen LogP contribution is 2.25. The van der Waals surface area contributed by atoms with Gasteiger partial charge in [-0.1, -0.05) is 18.2 Å². The Morgan fingerprint density at radius 3 is 2.74 bits per heavy atom. The number of carbonyl (C=O) groups is 2. The molecule has 138 valence electrons. The van der Waals surface area contributed by atoms with Crippen molar-refractivity contribution >= 4 is 17.4 Å². The Hall–Kier alpha value is -3.15. The number of carboxylic acid groups (broad SMARTS) is 1. The van der Waals surface area contributed by atoms with Crippen molar-refractivity contribution in [2.75, 3.05) is 13.1 Å². The van der Waals surface area contributed by atoms with Gasteiger partial charge in [0.1, 0.15) is 0 Å². The zero-order chi connectivity index (χ0) is 19.0. The number of fused-ring (bicyclic) bond motifs is 1. The van der Waals surface area contributed by atoms with Crippen LogP contribution in [0.3, 0.4) is 0 Å². The topological polar surface area (TPSA) is 74.9 Å². The second kappa shape index (κ2) is 6.87. The van der Waals surface area contributed by atoms with Gasteiger partial charge in [0.2, 0.25) is 0 Å². The monoisotopic (exact) mass is 363 g/mol. The molecule has 0 radical (unpaired) electrons. The van der Waals surface area contributed by atoms with Gasteiger partial charge in [0.15, 0.2) is 0 Å². The Balaban J connectivity index is 1.46. The summed E-state index contributed by atoms with van der Waals surface area (Å²) in [7, 11) is 0. The Bertz CT molecular complexity index is 1010. The lowest BCUT2D eigenvalue weighted by Gasteiger charge is -2.16. The van der Waals surface area contributed by atoms with Crippen LogP contribution in [0.5, 0.6) is 0 Å². The molecule has 4 rings (SSSR count). The van der Waals surface area contributed by atoms with Gasteiger partial charge in [0, 0.05) is 19.3 Å². The predicted octanol–water partition coefficient (Wildman–Crippen LogP) is 3.05. The van der Waals surface area contributed by atoms with Crippen molar-refractivity contribution in [2.45, 2.75) is 19.8 Å². The summed E-state index contributed by atoms with van der Waals surface area (Å²) in [6.07, 6.45) is 5.30. The van der Waals surface area contributed by atoms with Crippen LogP contribution in [-0.4, -0.2) is 44.6 Å². The number of hydrogen-bond acceptors (Lipinski definition) is 3. The van der Waals surface area contributed by atoms with E-state index in [-0.39, 0.29) is 5.91 Å². The molecule has 3 aromatic rings. The van der Waals surface area contributed by atoms with E-state index in [0.29, 0.717) is 23.6 Å². The van der Waals surface area contributed by atoms with Gasteiger partial charge in [-0.15, -0.1) is 0 Å². The van der Waals surface area contributed by atoms with E-state index in [1.54, 1.807) is 22.8 Å². The molecule has 1 atom stereocenters. The minimum atomic E-state index is -0.914. The number of hydrogen-bond donors (Lipinski definition) is 1. The normalized spacial score (nSPS) is 16.8. The molecule has 1 fully saturated rings. The first-order chi connectivity index (χ1) is 13.0. The molecule has 2 aromatic heterocycles. The number of carboxylic acids is 1. The van der Waals surface area contributed by atoms with Gasteiger partial charge in [-0.25, -0.2) is 9.31 Å². The van der Waals surface area contributed by atoms with Crippen LogP contribution >= 0.6 is 0 Å². The summed E-state index contributed by atoms with van der Waals surface area (Å²) in [6.45, 7) is 3.43. The maximum atomic E-state index is 13.0. The smallest absolute Gasteiger partial charge is 0.335 e. The minimum Gasteiger partial charge on any atom is -0.478 e. The third-order valence-electron chi connectivity index (χ3n) is 5.27. The van der Waals surface area contributed by atoms with Crippen molar-refractivity contribution in [3.63, 3.8) is 0 Å². The average Bonchev–Trinajstić information content (AvgIpc) is 3.29. The summed E-state index contributed by atoms with van der Waals surface area (Å²) in [5.41, 5.74) is 3.96. The van der Waals surface area contributed by atoms with Gasteiger partial charge in [-0.2, -0.15) is 5.10 Å². The molecule has 0 bridgehead atoms. The predicted molar refractivity (Wildman–Crippen MR) is 101 cm³/mol. The van der Waals surface area contributed by atoms with Crippen LogP contribution in [0.15, 0.2) is 48.8 Å². The van der Waals surface area contributed by atoms with E-state index in [0.717, 1.165) is 36.0 Å². The fourth-order valence-electron chi connectivity index (χ4n) is 3.84. The third-order valence-corrected chi connectivity index (χ3v) is 5.27. The summed E-state index contributed by atoms with van der Waals surface area (Å²) >= 11 is 0. The van der Waals surface area contributed by atoms with Crippen LogP contribution < -0.4 is 0 Å². The molecule has 1 aliphatic rings. The van der Waals surface area contributed by atoms with E-state index in [9.17, 15) is 9.59 Å². The molecule has 3 heterocycles. The van der Waals surface area contributed by atoms with Crippen molar-refractivity contribution in [3.05, 3.63) is 71.0 Å². The van der Waals surface area contributed by atoms with Crippen molar-refractivity contribution in [1.82, 2.24) is 14.5 Å². The number of aryl methyl sites for hydroxylation is 1. The number of likely N-dealkylation sites (tertiary alicyclic amines) is 1. The Labute approximate surface area is 157 Å². The largest absolute Gasteiger partial charge is 0.478 e. The lowest BCUT2D eigenvalue weighted by atomic mass is 9.98. The molecule has 0 spiro atoms. The molecular formula is C21H21N3O3. The van der Waals surface area contributed by atoms with Crippen molar-refractivity contribution in [2.24, 2.45) is 5.92 Å². The summed E-state index contributed by atoms with van der Waals surface area (Å²) in [6, 6.07) is 10.9. The molecule has 1 unspecified atom stereocenters. The van der Waals surface area contributed by atoms with Gasteiger partial charge < -0.3 is 10.0 Å². The van der Waals surface area contributed by atoms with E-state index >= 15 is 0 Å². The maximum absolute atomic E-state index is 13.0. The Morgan fingerprint density at radius 2 is 2.00 bits per heavy atom. The first kappa shape index (κ1) is 17.3. The van der Waals surface area contributed by atoms with Crippen LogP contribution in [0.25, 0.3) is 5.52 Å². The number of rotatable bonds is 4. The highest BCUT2D eigenvalue weighted by Gasteiger charge is 2.29. The first-order valence-electron chi connectivity index (χ1n) is 9.07. The standard InChI is InChI=1S/C21H21N3O3/c1-14-3-2-9-24-19(14)18(12-22-24)20(25)23-10-8-16(13-23)11-15-4-6-17(7-5-15)21(26)27/h2-7,9,12,16H,8,10-11,13H2,1H3,(H,26,27). The number of pyridine rings is 1. The minimum absolute atomic E-state index is 0.0306. The first-order valence-corrected chi connectivity index (χ1v) is 9.07. The second-order valence-corrected chi connectivity index (χ2v) is 7.15. The van der Waals surface area contributed by atoms with Crippen LogP contribution in [0, 0.1) is 12.8 Å². The highest BCUT2D eigenvalue weighted by molar-refractivity contribution is 6.01. The van der Waals surface area contributed by atoms with Gasteiger partial charge >= 0.3 is 5.97 Å². The van der Waals surface area contributed by atoms with Gasteiger partial charge in [0.05, 0.1) is 22.8 Å². The number of aromatic carboxylic acids is 1. The molecule has 6 heteroatoms. The Kier molecular flexibility index (Phi) is 4.39. The van der Waals surface area contributed by atoms with Crippen LogP contribution in [0.1, 0.15) is 38.3 Å². The summed E-state index contributed by atoms with van der Waals surface area (Å²) in [5, 5.41) is 13.3. The quantitative estimate of drug-likeness (QED) is 0.773. The number of carbonyl (C=O) groups excluding carboxylic acids is 1. The number of aromatic nitrogens is 2. The van der Waals surface area contributed by atoms with Crippen LogP contribution in [0.2, 0.25) is 0 Å². The summed E-state index contributed by atoms with van der Waals surface area (Å²) in [4.78, 5) is 25.9. The molecule has 0 aliphatic carbocycles. The molecule has 27 heavy (non-hydrogen) atoms. The fourth-order valence-corrected chi connectivity index (χ4v) is 3.84. The van der Waals surface area contributed by atoms with E-state index in [4.69, 9.17) is 5.11 Å². The molecule has 6 nitrogen and oxygen atoms in total. The highest BCUT2D eigenvalue weighted by atomic mass is 16.4. The second-order valence-electron chi connectivity index (χ2n) is 7.15. The van der Waals surface area contributed by atoms with Gasteiger partial charge in [-0.05, 0) is 55.0 Å². The molecule has 1 N–H and O–H groups in total. The van der Waals surface area contributed by atoms with Crippen LogP contribution in [0.4, 0.5) is 0 Å². The van der Waals surface area contributed by atoms with Crippen molar-refractivity contribution in [1.29, 1.82) is 0 Å². The van der Waals surface area contributed by atoms with E-state index in [1.165, 1.54) is 0 Å². The number of amides is 1. The lowest BCUT2D eigenvalue weighted by Crippen LogP contribution is -2.29. The third kappa shape index (κ3) is 3.30. The molecule has 1 amide bonds. The van der Waals surface area contributed by atoms with E-state index < -0.39 is 5.97 Å². The van der Waals surface area contributed by atoms with Gasteiger partial charge in [0.25, 0.3) is 5.91 Å². The molecule has 1 aromatic carbocycles. The zero-order valence-electron chi connectivity index (χ0n) is 15.1. The number of benzene rings is 1. The van der Waals surface area contributed by atoms with Gasteiger partial charge in [-0.3, -0.25) is 4.79 Å². The van der Waals surface area contributed by atoms with E-state index in [1.807, 2.05) is 42.3 Å². The molecule has 0 saturated carbocycles. The van der Waals surface area contributed by atoms with Crippen LogP contribution in [-0.2, 0) is 6.42 Å². The van der Waals surface area contributed by atoms with E-state index in [2.05, 4.69) is 5.10 Å². The Morgan fingerprint density at radius 1 is 1.22 bits per heavy atom. The summed E-state index contributed by atoms with van der Waals surface area (Å²) < 4.78 is 1.75. The number of nitrogens with zero attached hydrogens (tertiary/aromatic N) is 3. The molecule has 1 aliphatic heterocycles. The average molecular weight is 363 g/mol. The molecular weight excluding hydrogens is 342 g/mol. The van der Waals surface area contributed by atoms with Crippen molar-refractivity contribution in [3.8, 4) is 0 Å². The SMILES string of the molecule is Cc1cccn2ncc(C(=O)N3CCC(Cc4ccc(C(=O)O)cc4)C3)c12. The molecule has 1 saturated heterocycles. The lowest BCUT2D eigenvalue weighted by molar-refractivity contribution is 0.0696. The van der Waals surface area contributed by atoms with Crippen molar-refractivity contribution < 1.29 is 14.7 Å².